The van der Waals surface area contributed by atoms with Crippen molar-refractivity contribution in [3.63, 3.8) is 0 Å². The highest BCUT2D eigenvalue weighted by molar-refractivity contribution is 5.47. The van der Waals surface area contributed by atoms with E-state index < -0.39 is 6.10 Å². The number of benzene rings is 1. The Hall–Kier alpha value is -1.26. The molecule has 4 nitrogen and oxygen atoms in total. The van der Waals surface area contributed by atoms with E-state index in [9.17, 15) is 5.11 Å². The lowest BCUT2D eigenvalue weighted by Crippen LogP contribution is -2.13. The Bertz CT molecular complexity index is 339. The van der Waals surface area contributed by atoms with Crippen molar-refractivity contribution < 1.29 is 14.6 Å². The zero-order valence-electron chi connectivity index (χ0n) is 9.28. The minimum Gasteiger partial charge on any atom is -0.496 e. The predicted octanol–water partition coefficient (Wildman–Crippen LogP) is 1.00. The van der Waals surface area contributed by atoms with Gasteiger partial charge in [0.25, 0.3) is 0 Å². The standard InChI is InChI=1S/C11H17NO3/c1-7-4-11(15-3)8(9(13)6-12)5-10(7)14-2/h4-5,9,13H,6,12H2,1-3H3. The second-order valence-corrected chi connectivity index (χ2v) is 3.32. The highest BCUT2D eigenvalue weighted by Crippen LogP contribution is 2.31. The van der Waals surface area contributed by atoms with Crippen molar-refractivity contribution in [2.75, 3.05) is 20.8 Å². The molecule has 0 aliphatic heterocycles. The van der Waals surface area contributed by atoms with Crippen molar-refractivity contribution in [3.8, 4) is 11.5 Å². The molecule has 1 rings (SSSR count). The van der Waals surface area contributed by atoms with Gasteiger partial charge in [-0.2, -0.15) is 0 Å². The van der Waals surface area contributed by atoms with Gasteiger partial charge in [-0.1, -0.05) is 0 Å². The van der Waals surface area contributed by atoms with Gasteiger partial charge in [0, 0.05) is 12.1 Å². The Morgan fingerprint density at radius 1 is 1.27 bits per heavy atom. The fourth-order valence-electron chi connectivity index (χ4n) is 1.46. The molecule has 84 valence electrons. The van der Waals surface area contributed by atoms with Gasteiger partial charge in [0.05, 0.1) is 20.3 Å². The number of ether oxygens (including phenoxy) is 2. The third-order valence-electron chi connectivity index (χ3n) is 2.33. The summed E-state index contributed by atoms with van der Waals surface area (Å²) in [6, 6.07) is 3.58. The number of methoxy groups -OCH3 is 2. The predicted molar refractivity (Wildman–Crippen MR) is 58.3 cm³/mol. The van der Waals surface area contributed by atoms with E-state index >= 15 is 0 Å². The average Bonchev–Trinajstić information content (AvgIpc) is 2.27. The average molecular weight is 211 g/mol. The summed E-state index contributed by atoms with van der Waals surface area (Å²) in [5, 5.41) is 9.69. The molecule has 1 aromatic carbocycles. The molecule has 0 fully saturated rings. The van der Waals surface area contributed by atoms with Crippen LogP contribution in [0, 0.1) is 6.92 Å². The van der Waals surface area contributed by atoms with Crippen LogP contribution >= 0.6 is 0 Å². The number of nitrogens with two attached hydrogens (primary N) is 1. The number of aliphatic hydroxyl groups is 1. The van der Waals surface area contributed by atoms with E-state index in [-0.39, 0.29) is 6.54 Å². The molecule has 1 atom stereocenters. The number of rotatable bonds is 4. The zero-order chi connectivity index (χ0) is 11.4. The first-order chi connectivity index (χ1) is 7.13. The first-order valence-electron chi connectivity index (χ1n) is 4.74. The lowest BCUT2D eigenvalue weighted by molar-refractivity contribution is 0.181. The molecule has 0 heterocycles. The number of hydrogen-bond donors (Lipinski definition) is 2. The topological polar surface area (TPSA) is 64.7 Å². The highest BCUT2D eigenvalue weighted by Gasteiger charge is 2.14. The van der Waals surface area contributed by atoms with Crippen molar-refractivity contribution in [1.29, 1.82) is 0 Å². The second kappa shape index (κ2) is 5.00. The molecule has 0 aliphatic carbocycles. The van der Waals surface area contributed by atoms with Crippen LogP contribution in [0.4, 0.5) is 0 Å². The van der Waals surface area contributed by atoms with Crippen LogP contribution in [-0.4, -0.2) is 25.9 Å². The summed E-state index contributed by atoms with van der Waals surface area (Å²) >= 11 is 0. The molecule has 0 aromatic heterocycles. The summed E-state index contributed by atoms with van der Waals surface area (Å²) in [6.07, 6.45) is -0.727. The molecule has 4 heteroatoms. The fraction of sp³-hybridized carbons (Fsp3) is 0.455. The molecule has 0 amide bonds. The monoisotopic (exact) mass is 211 g/mol. The van der Waals surface area contributed by atoms with Gasteiger partial charge in [-0.3, -0.25) is 0 Å². The number of aryl methyl sites for hydroxylation is 1. The molecule has 0 radical (unpaired) electrons. The maximum Gasteiger partial charge on any atom is 0.125 e. The molecule has 0 saturated heterocycles. The van der Waals surface area contributed by atoms with Crippen LogP contribution in [0.1, 0.15) is 17.2 Å². The van der Waals surface area contributed by atoms with Crippen molar-refractivity contribution in [3.05, 3.63) is 23.3 Å². The summed E-state index contributed by atoms with van der Waals surface area (Å²) < 4.78 is 10.3. The van der Waals surface area contributed by atoms with Crippen LogP contribution in [0.3, 0.4) is 0 Å². The normalized spacial score (nSPS) is 12.3. The van der Waals surface area contributed by atoms with E-state index in [1.165, 1.54) is 0 Å². The lowest BCUT2D eigenvalue weighted by atomic mass is 10.0. The van der Waals surface area contributed by atoms with Crippen molar-refractivity contribution in [2.45, 2.75) is 13.0 Å². The van der Waals surface area contributed by atoms with Crippen LogP contribution in [0.5, 0.6) is 11.5 Å². The lowest BCUT2D eigenvalue weighted by Gasteiger charge is -2.16. The van der Waals surface area contributed by atoms with E-state index in [4.69, 9.17) is 15.2 Å². The third-order valence-corrected chi connectivity index (χ3v) is 2.33. The largest absolute Gasteiger partial charge is 0.496 e. The van der Waals surface area contributed by atoms with E-state index in [1.54, 1.807) is 20.3 Å². The Balaban J connectivity index is 3.22. The van der Waals surface area contributed by atoms with Crippen molar-refractivity contribution in [2.24, 2.45) is 5.73 Å². The van der Waals surface area contributed by atoms with Crippen LogP contribution in [0.25, 0.3) is 0 Å². The van der Waals surface area contributed by atoms with Gasteiger partial charge in [-0.15, -0.1) is 0 Å². The van der Waals surface area contributed by atoms with Crippen molar-refractivity contribution >= 4 is 0 Å². The summed E-state index contributed by atoms with van der Waals surface area (Å²) in [6.45, 7) is 2.07. The van der Waals surface area contributed by atoms with Gasteiger partial charge >= 0.3 is 0 Å². The van der Waals surface area contributed by atoms with Gasteiger partial charge in [0.15, 0.2) is 0 Å². The Morgan fingerprint density at radius 2 is 1.87 bits per heavy atom. The first-order valence-corrected chi connectivity index (χ1v) is 4.74. The highest BCUT2D eigenvalue weighted by atomic mass is 16.5. The second-order valence-electron chi connectivity index (χ2n) is 3.32. The molecule has 15 heavy (non-hydrogen) atoms. The molecular formula is C11H17NO3. The number of aliphatic hydroxyl groups excluding tert-OH is 1. The molecule has 0 aliphatic rings. The molecule has 3 N–H and O–H groups in total. The summed E-state index contributed by atoms with van der Waals surface area (Å²) in [5.74, 6) is 1.35. The zero-order valence-corrected chi connectivity index (χ0v) is 9.28. The Morgan fingerprint density at radius 3 is 2.33 bits per heavy atom. The molecule has 0 bridgehead atoms. The Labute approximate surface area is 89.6 Å². The first kappa shape index (κ1) is 11.8. The Kier molecular flexibility index (Phi) is 3.94. The van der Waals surface area contributed by atoms with E-state index in [2.05, 4.69) is 0 Å². The minimum absolute atomic E-state index is 0.155. The van der Waals surface area contributed by atoms with Gasteiger partial charge in [0.1, 0.15) is 11.5 Å². The van der Waals surface area contributed by atoms with Gasteiger partial charge < -0.3 is 20.3 Å². The smallest absolute Gasteiger partial charge is 0.125 e. The molecular weight excluding hydrogens is 194 g/mol. The minimum atomic E-state index is -0.727. The molecule has 1 unspecified atom stereocenters. The van der Waals surface area contributed by atoms with Gasteiger partial charge in [0.2, 0.25) is 0 Å². The molecule has 0 spiro atoms. The van der Waals surface area contributed by atoms with E-state index in [0.29, 0.717) is 11.3 Å². The van der Waals surface area contributed by atoms with Crippen LogP contribution < -0.4 is 15.2 Å². The quantitative estimate of drug-likeness (QED) is 0.780. The van der Waals surface area contributed by atoms with Crippen LogP contribution in [-0.2, 0) is 0 Å². The molecule has 0 saturated carbocycles. The van der Waals surface area contributed by atoms with Crippen LogP contribution in [0.15, 0.2) is 12.1 Å². The van der Waals surface area contributed by atoms with Gasteiger partial charge in [-0.05, 0) is 24.6 Å². The number of hydrogen-bond acceptors (Lipinski definition) is 4. The van der Waals surface area contributed by atoms with Gasteiger partial charge in [-0.25, -0.2) is 0 Å². The summed E-state index contributed by atoms with van der Waals surface area (Å²) in [4.78, 5) is 0. The van der Waals surface area contributed by atoms with E-state index in [0.717, 1.165) is 11.3 Å². The maximum absolute atomic E-state index is 9.69. The maximum atomic E-state index is 9.69. The van der Waals surface area contributed by atoms with Crippen molar-refractivity contribution in [1.82, 2.24) is 0 Å². The third kappa shape index (κ3) is 2.40. The van der Waals surface area contributed by atoms with E-state index in [1.807, 2.05) is 13.0 Å². The molecule has 1 aromatic rings. The van der Waals surface area contributed by atoms with Crippen LogP contribution in [0.2, 0.25) is 0 Å². The summed E-state index contributed by atoms with van der Waals surface area (Å²) in [5.41, 5.74) is 7.03. The fourth-order valence-corrected chi connectivity index (χ4v) is 1.46. The summed E-state index contributed by atoms with van der Waals surface area (Å²) in [7, 11) is 3.15. The SMILES string of the molecule is COc1cc(C(O)CN)c(OC)cc1C.